The van der Waals surface area contributed by atoms with Crippen LogP contribution in [0.2, 0.25) is 0 Å². The molecule has 2 heteroatoms. The van der Waals surface area contributed by atoms with Gasteiger partial charge in [0, 0.05) is 10.5 Å². The Hall–Kier alpha value is -0.340. The lowest BCUT2D eigenvalue weighted by Crippen LogP contribution is -2.13. The zero-order valence-electron chi connectivity index (χ0n) is 7.81. The van der Waals surface area contributed by atoms with Gasteiger partial charge in [-0.25, -0.2) is 0 Å². The van der Waals surface area contributed by atoms with Crippen LogP contribution in [0.5, 0.6) is 0 Å². The van der Waals surface area contributed by atoms with Crippen LogP contribution in [0.15, 0.2) is 22.7 Å². The Bertz CT molecular complexity index is 303. The highest BCUT2D eigenvalue weighted by atomic mass is 79.9. The monoisotopic (exact) mass is 239 g/mol. The van der Waals surface area contributed by atoms with E-state index in [9.17, 15) is 0 Å². The zero-order valence-corrected chi connectivity index (χ0v) is 9.39. The molecule has 1 atom stereocenters. The molecule has 0 aromatic heterocycles. The molecule has 1 fully saturated rings. The molecule has 0 bridgehead atoms. The Morgan fingerprint density at radius 1 is 1.46 bits per heavy atom. The van der Waals surface area contributed by atoms with Crippen LogP contribution in [-0.4, -0.2) is 6.54 Å². The first-order chi connectivity index (χ1) is 6.27. The molecule has 1 aliphatic heterocycles. The van der Waals surface area contributed by atoms with Crippen molar-refractivity contribution in [2.45, 2.75) is 25.8 Å². The number of hydrogen-bond donors (Lipinski definition) is 1. The molecule has 1 aromatic rings. The lowest BCUT2D eigenvalue weighted by atomic mass is 10.0. The van der Waals surface area contributed by atoms with Crippen LogP contribution in [0.3, 0.4) is 0 Å². The van der Waals surface area contributed by atoms with Gasteiger partial charge < -0.3 is 5.32 Å². The summed E-state index contributed by atoms with van der Waals surface area (Å²) in [6, 6.07) is 7.13. The van der Waals surface area contributed by atoms with E-state index < -0.39 is 0 Å². The molecule has 1 saturated heterocycles. The molecule has 0 aliphatic carbocycles. The van der Waals surface area contributed by atoms with Crippen molar-refractivity contribution in [3.05, 3.63) is 33.8 Å². The first-order valence-corrected chi connectivity index (χ1v) is 5.56. The Morgan fingerprint density at radius 2 is 2.31 bits per heavy atom. The van der Waals surface area contributed by atoms with Crippen LogP contribution in [0.25, 0.3) is 0 Å². The maximum atomic E-state index is 3.52. The van der Waals surface area contributed by atoms with E-state index in [0.29, 0.717) is 6.04 Å². The summed E-state index contributed by atoms with van der Waals surface area (Å²) in [5, 5.41) is 3.52. The van der Waals surface area contributed by atoms with Crippen molar-refractivity contribution in [1.82, 2.24) is 5.32 Å². The van der Waals surface area contributed by atoms with Gasteiger partial charge in [0.1, 0.15) is 0 Å². The molecule has 1 N–H and O–H groups in total. The van der Waals surface area contributed by atoms with Crippen LogP contribution < -0.4 is 5.32 Å². The van der Waals surface area contributed by atoms with Gasteiger partial charge in [0.25, 0.3) is 0 Å². The molecule has 0 unspecified atom stereocenters. The van der Waals surface area contributed by atoms with Crippen molar-refractivity contribution < 1.29 is 0 Å². The lowest BCUT2D eigenvalue weighted by Gasteiger charge is -2.13. The topological polar surface area (TPSA) is 12.0 Å². The van der Waals surface area contributed by atoms with Crippen LogP contribution >= 0.6 is 15.9 Å². The van der Waals surface area contributed by atoms with Gasteiger partial charge in [-0.2, -0.15) is 0 Å². The van der Waals surface area contributed by atoms with Gasteiger partial charge in [0.05, 0.1) is 0 Å². The highest BCUT2D eigenvalue weighted by molar-refractivity contribution is 9.10. The third-order valence-electron chi connectivity index (χ3n) is 2.67. The number of hydrogen-bond acceptors (Lipinski definition) is 1. The van der Waals surface area contributed by atoms with Gasteiger partial charge >= 0.3 is 0 Å². The average molecular weight is 240 g/mol. The summed E-state index contributed by atoms with van der Waals surface area (Å²) in [5.74, 6) is 0. The molecule has 0 saturated carbocycles. The maximum absolute atomic E-state index is 3.52. The molecule has 1 nitrogen and oxygen atoms in total. The quantitative estimate of drug-likeness (QED) is 0.794. The van der Waals surface area contributed by atoms with Crippen LogP contribution in [0, 0.1) is 6.92 Å². The fourth-order valence-electron chi connectivity index (χ4n) is 1.98. The Balaban J connectivity index is 2.29. The van der Waals surface area contributed by atoms with E-state index >= 15 is 0 Å². The molecule has 1 aliphatic rings. The molecule has 0 amide bonds. The van der Waals surface area contributed by atoms with Crippen LogP contribution in [0.4, 0.5) is 0 Å². The van der Waals surface area contributed by atoms with Gasteiger partial charge in [0.15, 0.2) is 0 Å². The Labute approximate surface area is 87.7 Å². The van der Waals surface area contributed by atoms with Crippen molar-refractivity contribution >= 4 is 15.9 Å². The highest BCUT2D eigenvalue weighted by Gasteiger charge is 2.17. The molecular formula is C11H14BrN. The maximum Gasteiger partial charge on any atom is 0.0323 e. The molecule has 13 heavy (non-hydrogen) atoms. The molecule has 1 heterocycles. The van der Waals surface area contributed by atoms with E-state index in [2.05, 4.69) is 46.4 Å². The standard InChI is InChI=1S/C11H14BrN/c1-8-7-9(12)4-5-10(8)11-3-2-6-13-11/h4-5,7,11,13H,2-3,6H2,1H3/t11-/m0/s1. The predicted octanol–water partition coefficient (Wildman–Crippen LogP) is 3.18. The van der Waals surface area contributed by atoms with E-state index in [1.165, 1.54) is 35.0 Å². The smallest absolute Gasteiger partial charge is 0.0323 e. The summed E-state index contributed by atoms with van der Waals surface area (Å²) in [4.78, 5) is 0. The van der Waals surface area contributed by atoms with Crippen molar-refractivity contribution in [3.63, 3.8) is 0 Å². The van der Waals surface area contributed by atoms with Crippen LogP contribution in [-0.2, 0) is 0 Å². The average Bonchev–Trinajstić information content (AvgIpc) is 2.56. The van der Waals surface area contributed by atoms with Crippen LogP contribution in [0.1, 0.15) is 30.0 Å². The predicted molar refractivity (Wildman–Crippen MR) is 58.9 cm³/mol. The summed E-state index contributed by atoms with van der Waals surface area (Å²) >= 11 is 3.48. The fourth-order valence-corrected chi connectivity index (χ4v) is 2.46. The minimum absolute atomic E-state index is 0.591. The van der Waals surface area contributed by atoms with Crippen molar-refractivity contribution in [3.8, 4) is 0 Å². The van der Waals surface area contributed by atoms with Crippen molar-refractivity contribution in [2.75, 3.05) is 6.54 Å². The zero-order chi connectivity index (χ0) is 9.26. The Kier molecular flexibility index (Phi) is 2.70. The fraction of sp³-hybridized carbons (Fsp3) is 0.455. The second-order valence-corrected chi connectivity index (χ2v) is 4.57. The Morgan fingerprint density at radius 3 is 2.92 bits per heavy atom. The summed E-state index contributed by atoms with van der Waals surface area (Å²) < 4.78 is 1.17. The molecular weight excluding hydrogens is 226 g/mol. The third-order valence-corrected chi connectivity index (χ3v) is 3.16. The van der Waals surface area contributed by atoms with Crippen molar-refractivity contribution in [1.29, 1.82) is 0 Å². The van der Waals surface area contributed by atoms with Gasteiger partial charge in [-0.15, -0.1) is 0 Å². The largest absolute Gasteiger partial charge is 0.310 e. The number of benzene rings is 1. The van der Waals surface area contributed by atoms with E-state index in [1.54, 1.807) is 0 Å². The second kappa shape index (κ2) is 3.81. The van der Waals surface area contributed by atoms with E-state index in [1.807, 2.05) is 0 Å². The van der Waals surface area contributed by atoms with E-state index in [-0.39, 0.29) is 0 Å². The highest BCUT2D eigenvalue weighted by Crippen LogP contribution is 2.27. The summed E-state index contributed by atoms with van der Waals surface area (Å²) in [7, 11) is 0. The lowest BCUT2D eigenvalue weighted by molar-refractivity contribution is 0.643. The van der Waals surface area contributed by atoms with Gasteiger partial charge in [0.2, 0.25) is 0 Å². The summed E-state index contributed by atoms with van der Waals surface area (Å²) in [6.07, 6.45) is 2.59. The van der Waals surface area contributed by atoms with Gasteiger partial charge in [-0.3, -0.25) is 0 Å². The number of halogens is 1. The molecule has 2 rings (SSSR count). The first-order valence-electron chi connectivity index (χ1n) is 4.77. The summed E-state index contributed by atoms with van der Waals surface area (Å²) in [6.45, 7) is 3.35. The number of nitrogens with one attached hydrogen (secondary N) is 1. The SMILES string of the molecule is Cc1cc(Br)ccc1[C@@H]1CCCN1. The summed E-state index contributed by atoms with van der Waals surface area (Å²) in [5.41, 5.74) is 2.84. The third kappa shape index (κ3) is 1.94. The van der Waals surface area contributed by atoms with Crippen molar-refractivity contribution in [2.24, 2.45) is 0 Å². The normalized spacial score (nSPS) is 22.2. The molecule has 0 radical (unpaired) electrons. The van der Waals surface area contributed by atoms with Gasteiger partial charge in [-0.1, -0.05) is 22.0 Å². The minimum Gasteiger partial charge on any atom is -0.310 e. The number of rotatable bonds is 1. The minimum atomic E-state index is 0.591. The van der Waals surface area contributed by atoms with Gasteiger partial charge in [-0.05, 0) is 49.6 Å². The van der Waals surface area contributed by atoms with E-state index in [0.717, 1.165) is 0 Å². The molecule has 70 valence electrons. The second-order valence-electron chi connectivity index (χ2n) is 3.65. The molecule has 1 aromatic carbocycles. The molecule has 0 spiro atoms. The number of aryl methyl sites for hydroxylation is 1. The first kappa shape index (κ1) is 9.22. The van der Waals surface area contributed by atoms with E-state index in [4.69, 9.17) is 0 Å².